The summed E-state index contributed by atoms with van der Waals surface area (Å²) < 4.78 is 6.92. The number of imidazole rings is 1. The molecule has 10 heteroatoms. The van der Waals surface area contributed by atoms with Crippen LogP contribution < -0.4 is 10.2 Å². The van der Waals surface area contributed by atoms with Crippen molar-refractivity contribution in [1.29, 1.82) is 0 Å². The van der Waals surface area contributed by atoms with E-state index in [-0.39, 0.29) is 17.9 Å². The third-order valence-electron chi connectivity index (χ3n) is 7.51. The number of fused-ring (bicyclic) bond motifs is 3. The fourth-order valence-corrected chi connectivity index (χ4v) is 5.85. The van der Waals surface area contributed by atoms with Crippen molar-refractivity contribution in [2.24, 2.45) is 5.92 Å². The van der Waals surface area contributed by atoms with Crippen molar-refractivity contribution in [2.45, 2.75) is 57.5 Å². The monoisotopic (exact) mass is 524 g/mol. The van der Waals surface area contributed by atoms with Crippen LogP contribution in [0.25, 0.3) is 11.0 Å². The number of methoxy groups -OCH3 is 1. The van der Waals surface area contributed by atoms with E-state index in [9.17, 15) is 19.5 Å². The van der Waals surface area contributed by atoms with Gasteiger partial charge in [0.1, 0.15) is 0 Å². The molecule has 3 atom stereocenters. The Morgan fingerprint density at radius 2 is 1.92 bits per heavy atom. The Morgan fingerprint density at radius 1 is 1.14 bits per heavy atom. The van der Waals surface area contributed by atoms with Gasteiger partial charge in [-0.05, 0) is 63.3 Å². The summed E-state index contributed by atoms with van der Waals surface area (Å²) in [5.41, 5.74) is 3.44. The number of para-hydroxylation sites is 1. The SMILES string of the molecule is COC(=O)N1c2ccc3c(nc(C(=O)Nc4ccccc4Cl)n3[C@@H]3CCC[C@@H](C(=O)O)C3)c2CC[C@@H]1C. The number of carbonyl (C=O) groups excluding carboxylic acids is 2. The predicted molar refractivity (Wildman–Crippen MR) is 140 cm³/mol. The van der Waals surface area contributed by atoms with Gasteiger partial charge in [0.25, 0.3) is 5.91 Å². The number of amides is 2. The summed E-state index contributed by atoms with van der Waals surface area (Å²) >= 11 is 6.29. The van der Waals surface area contributed by atoms with Crippen LogP contribution in [0.3, 0.4) is 0 Å². The second kappa shape index (κ2) is 10.0. The molecule has 2 N–H and O–H groups in total. The summed E-state index contributed by atoms with van der Waals surface area (Å²) in [6.45, 7) is 1.97. The number of hydrogen-bond acceptors (Lipinski definition) is 5. The van der Waals surface area contributed by atoms with Crippen molar-refractivity contribution in [3.8, 4) is 0 Å². The maximum Gasteiger partial charge on any atom is 0.414 e. The normalized spacial score (nSPS) is 21.4. The molecule has 1 aliphatic carbocycles. The van der Waals surface area contributed by atoms with E-state index in [1.165, 1.54) is 7.11 Å². The Hall–Kier alpha value is -3.59. The Kier molecular flexibility index (Phi) is 6.81. The number of ether oxygens (including phenoxy) is 1. The summed E-state index contributed by atoms with van der Waals surface area (Å²) in [6.07, 6.45) is 3.47. The second-order valence-electron chi connectivity index (χ2n) is 9.75. The molecular formula is C27H29ClN4O5. The van der Waals surface area contributed by atoms with Crippen LogP contribution in [0.4, 0.5) is 16.2 Å². The van der Waals surface area contributed by atoms with Crippen LogP contribution in [0.1, 0.15) is 61.3 Å². The van der Waals surface area contributed by atoms with E-state index in [4.69, 9.17) is 21.3 Å². The van der Waals surface area contributed by atoms with Gasteiger partial charge in [-0.3, -0.25) is 14.5 Å². The van der Waals surface area contributed by atoms with E-state index in [0.29, 0.717) is 41.2 Å². The van der Waals surface area contributed by atoms with Gasteiger partial charge in [-0.1, -0.05) is 30.2 Å². The molecule has 194 valence electrons. The molecule has 2 amide bonds. The molecule has 0 unspecified atom stereocenters. The first-order chi connectivity index (χ1) is 17.8. The van der Waals surface area contributed by atoms with Crippen LogP contribution in [0.5, 0.6) is 0 Å². The van der Waals surface area contributed by atoms with Crippen LogP contribution in [0.2, 0.25) is 5.02 Å². The summed E-state index contributed by atoms with van der Waals surface area (Å²) in [7, 11) is 1.36. The highest BCUT2D eigenvalue weighted by Gasteiger charge is 2.35. The van der Waals surface area contributed by atoms with E-state index < -0.39 is 23.9 Å². The van der Waals surface area contributed by atoms with Gasteiger partial charge in [0.2, 0.25) is 5.82 Å². The first-order valence-electron chi connectivity index (χ1n) is 12.5. The van der Waals surface area contributed by atoms with Gasteiger partial charge in [0, 0.05) is 17.6 Å². The highest BCUT2D eigenvalue weighted by atomic mass is 35.5. The summed E-state index contributed by atoms with van der Waals surface area (Å²) in [4.78, 5) is 44.4. The zero-order valence-corrected chi connectivity index (χ0v) is 21.5. The van der Waals surface area contributed by atoms with Crippen LogP contribution in [0, 0.1) is 5.92 Å². The Labute approximate surface area is 219 Å². The lowest BCUT2D eigenvalue weighted by Crippen LogP contribution is -2.42. The van der Waals surface area contributed by atoms with E-state index in [0.717, 1.165) is 30.3 Å². The number of aromatic nitrogens is 2. The van der Waals surface area contributed by atoms with Crippen molar-refractivity contribution in [3.05, 3.63) is 52.8 Å². The van der Waals surface area contributed by atoms with Crippen molar-refractivity contribution < 1.29 is 24.2 Å². The predicted octanol–water partition coefficient (Wildman–Crippen LogP) is 5.67. The van der Waals surface area contributed by atoms with Gasteiger partial charge in [-0.2, -0.15) is 0 Å². The number of anilines is 2. The van der Waals surface area contributed by atoms with Gasteiger partial charge in [-0.15, -0.1) is 0 Å². The van der Waals surface area contributed by atoms with E-state index in [1.54, 1.807) is 29.2 Å². The standard InChI is InChI=1S/C27H29ClN4O5/c1-15-10-11-18-21(31(15)27(36)37-2)12-13-22-23(18)30-24(25(33)29-20-9-4-3-8-19(20)28)32(22)17-7-5-6-16(14-17)26(34)35/h3-4,8-9,12-13,15-17H,5-7,10-11,14H2,1-2H3,(H,29,33)(H,34,35)/t15-,16+,17+/m0/s1. The maximum atomic E-state index is 13.6. The number of aliphatic carboxylic acids is 1. The van der Waals surface area contributed by atoms with Gasteiger partial charge in [0.15, 0.2) is 0 Å². The number of nitrogens with zero attached hydrogens (tertiary/aromatic N) is 3. The molecule has 1 saturated carbocycles. The van der Waals surface area contributed by atoms with Crippen molar-refractivity contribution in [1.82, 2.24) is 9.55 Å². The number of carboxylic acids is 1. The topological polar surface area (TPSA) is 114 Å². The summed E-state index contributed by atoms with van der Waals surface area (Å²) in [5.74, 6) is -1.53. The van der Waals surface area contributed by atoms with Crippen molar-refractivity contribution in [2.75, 3.05) is 17.3 Å². The van der Waals surface area contributed by atoms with Crippen LogP contribution in [0.15, 0.2) is 36.4 Å². The highest BCUT2D eigenvalue weighted by Crippen LogP contribution is 2.40. The number of carboxylic acid groups (broad SMARTS) is 1. The lowest BCUT2D eigenvalue weighted by Gasteiger charge is -2.34. The van der Waals surface area contributed by atoms with Crippen molar-refractivity contribution in [3.63, 3.8) is 0 Å². The molecule has 0 saturated heterocycles. The minimum absolute atomic E-state index is 0.0443. The fourth-order valence-electron chi connectivity index (χ4n) is 5.67. The number of nitrogens with one attached hydrogen (secondary N) is 1. The largest absolute Gasteiger partial charge is 0.481 e. The van der Waals surface area contributed by atoms with E-state index >= 15 is 0 Å². The van der Waals surface area contributed by atoms with E-state index in [1.807, 2.05) is 23.6 Å². The quantitative estimate of drug-likeness (QED) is 0.455. The molecule has 1 fully saturated rings. The molecule has 0 bridgehead atoms. The molecule has 2 aliphatic rings. The minimum Gasteiger partial charge on any atom is -0.481 e. The molecule has 3 aromatic rings. The third-order valence-corrected chi connectivity index (χ3v) is 7.84. The van der Waals surface area contributed by atoms with Crippen molar-refractivity contribution >= 4 is 52.0 Å². The lowest BCUT2D eigenvalue weighted by atomic mass is 9.85. The average molecular weight is 525 g/mol. The molecule has 5 rings (SSSR count). The third kappa shape index (κ3) is 4.52. The van der Waals surface area contributed by atoms with Gasteiger partial charge >= 0.3 is 12.1 Å². The first kappa shape index (κ1) is 25.1. The summed E-state index contributed by atoms with van der Waals surface area (Å²) in [6, 6.07) is 10.5. The number of carbonyl (C=O) groups is 3. The van der Waals surface area contributed by atoms with Gasteiger partial charge in [0.05, 0.1) is 40.5 Å². The maximum absolute atomic E-state index is 13.6. The number of hydrogen-bond donors (Lipinski definition) is 2. The molecule has 1 aliphatic heterocycles. The number of halogens is 1. The molecule has 37 heavy (non-hydrogen) atoms. The van der Waals surface area contributed by atoms with Crippen LogP contribution >= 0.6 is 11.6 Å². The Morgan fingerprint density at radius 3 is 2.65 bits per heavy atom. The number of rotatable bonds is 4. The molecule has 2 heterocycles. The molecule has 2 aromatic carbocycles. The zero-order chi connectivity index (χ0) is 26.3. The highest BCUT2D eigenvalue weighted by molar-refractivity contribution is 6.33. The smallest absolute Gasteiger partial charge is 0.414 e. The Bertz CT molecular complexity index is 1390. The minimum atomic E-state index is -0.823. The number of benzene rings is 2. The Balaban J connectivity index is 1.65. The first-order valence-corrected chi connectivity index (χ1v) is 12.9. The molecular weight excluding hydrogens is 496 g/mol. The second-order valence-corrected chi connectivity index (χ2v) is 10.2. The van der Waals surface area contributed by atoms with E-state index in [2.05, 4.69) is 5.32 Å². The fraction of sp³-hybridized carbons (Fsp3) is 0.407. The van der Waals surface area contributed by atoms with Crippen LogP contribution in [-0.4, -0.2) is 45.8 Å². The lowest BCUT2D eigenvalue weighted by molar-refractivity contribution is -0.143. The molecule has 9 nitrogen and oxygen atoms in total. The van der Waals surface area contributed by atoms with Crippen LogP contribution in [-0.2, 0) is 16.0 Å². The summed E-state index contributed by atoms with van der Waals surface area (Å²) in [5, 5.41) is 13.0. The number of aryl methyl sites for hydroxylation is 1. The average Bonchev–Trinajstić information content (AvgIpc) is 3.29. The van der Waals surface area contributed by atoms with Gasteiger partial charge < -0.3 is 19.7 Å². The zero-order valence-electron chi connectivity index (χ0n) is 20.7. The molecule has 0 spiro atoms. The van der Waals surface area contributed by atoms with Gasteiger partial charge in [-0.25, -0.2) is 9.78 Å². The molecule has 1 aromatic heterocycles. The molecule has 0 radical (unpaired) electrons.